The van der Waals surface area contributed by atoms with Crippen molar-refractivity contribution in [3.8, 4) is 12.3 Å². The van der Waals surface area contributed by atoms with Crippen molar-refractivity contribution < 1.29 is 0 Å². The smallest absolute Gasteiger partial charge is 0.0284 e. The molecule has 68 valence electrons. The van der Waals surface area contributed by atoms with E-state index in [0.29, 0.717) is 0 Å². The maximum Gasteiger partial charge on any atom is 0.0284 e. The molecule has 0 aromatic carbocycles. The lowest BCUT2D eigenvalue weighted by molar-refractivity contribution is 0.360. The first-order chi connectivity index (χ1) is 5.77. The summed E-state index contributed by atoms with van der Waals surface area (Å²) in [6.07, 6.45) is 16.3. The topological polar surface area (TPSA) is 0 Å². The average molecular weight is 164 g/mol. The molecule has 0 amide bonds. The quantitative estimate of drug-likeness (QED) is 0.478. The second kappa shape index (κ2) is 4.55. The largest absolute Gasteiger partial charge is 0.120 e. The molecule has 1 fully saturated rings. The highest BCUT2D eigenvalue weighted by molar-refractivity contribution is 5.02. The fraction of sp³-hybridized carbons (Fsp3) is 0.833. The number of hydrogen-bond donors (Lipinski definition) is 0. The van der Waals surface area contributed by atoms with Gasteiger partial charge in [-0.15, -0.1) is 12.3 Å². The molecule has 1 saturated carbocycles. The van der Waals surface area contributed by atoms with Gasteiger partial charge in [-0.05, 0) is 19.8 Å². The first-order valence-corrected chi connectivity index (χ1v) is 5.25. The van der Waals surface area contributed by atoms with Crippen molar-refractivity contribution in [1.29, 1.82) is 0 Å². The summed E-state index contributed by atoms with van der Waals surface area (Å²) in [7, 11) is 0. The molecule has 12 heavy (non-hydrogen) atoms. The van der Waals surface area contributed by atoms with E-state index in [9.17, 15) is 0 Å². The molecule has 0 saturated heterocycles. The van der Waals surface area contributed by atoms with E-state index in [4.69, 9.17) is 6.42 Å². The van der Waals surface area contributed by atoms with Gasteiger partial charge in [-0.1, -0.05) is 38.5 Å². The van der Waals surface area contributed by atoms with Crippen molar-refractivity contribution in [2.24, 2.45) is 5.41 Å². The minimum Gasteiger partial charge on any atom is -0.120 e. The van der Waals surface area contributed by atoms with Gasteiger partial charge in [0.05, 0.1) is 0 Å². The van der Waals surface area contributed by atoms with Gasteiger partial charge in [-0.2, -0.15) is 0 Å². The number of terminal acetylenes is 1. The standard InChI is InChI=1S/C12H20/c1-3-12(2)10-8-6-4-5-7-9-11-12/h1H,4-11H2,2H3. The first-order valence-electron chi connectivity index (χ1n) is 5.25. The second-order valence-corrected chi connectivity index (χ2v) is 4.33. The van der Waals surface area contributed by atoms with Crippen LogP contribution >= 0.6 is 0 Å². The molecule has 0 heterocycles. The lowest BCUT2D eigenvalue weighted by atomic mass is 9.82. The van der Waals surface area contributed by atoms with E-state index in [1.54, 1.807) is 0 Å². The Bertz CT molecular complexity index is 151. The van der Waals surface area contributed by atoms with Crippen LogP contribution in [0, 0.1) is 17.8 Å². The Balaban J connectivity index is 2.45. The SMILES string of the molecule is C#CC1(C)CCCCCCCC1. The van der Waals surface area contributed by atoms with E-state index < -0.39 is 0 Å². The summed E-state index contributed by atoms with van der Waals surface area (Å²) in [5.74, 6) is 2.98. The molecule has 0 aliphatic heterocycles. The van der Waals surface area contributed by atoms with E-state index in [2.05, 4.69) is 12.8 Å². The fourth-order valence-corrected chi connectivity index (χ4v) is 2.01. The summed E-state index contributed by atoms with van der Waals surface area (Å²) in [6.45, 7) is 2.25. The van der Waals surface area contributed by atoms with Gasteiger partial charge in [0.1, 0.15) is 0 Å². The molecule has 0 aromatic rings. The molecule has 0 nitrogen and oxygen atoms in total. The molecular weight excluding hydrogens is 144 g/mol. The van der Waals surface area contributed by atoms with Crippen molar-refractivity contribution in [2.75, 3.05) is 0 Å². The number of rotatable bonds is 0. The molecular formula is C12H20. The summed E-state index contributed by atoms with van der Waals surface area (Å²) in [5.41, 5.74) is 0.213. The van der Waals surface area contributed by atoms with Gasteiger partial charge in [0, 0.05) is 5.41 Å². The van der Waals surface area contributed by atoms with Crippen LogP contribution in [0.3, 0.4) is 0 Å². The zero-order valence-electron chi connectivity index (χ0n) is 8.23. The average Bonchev–Trinajstić information content (AvgIpc) is 2.18. The third kappa shape index (κ3) is 2.89. The van der Waals surface area contributed by atoms with E-state index in [1.807, 2.05) is 0 Å². The first kappa shape index (κ1) is 9.65. The summed E-state index contributed by atoms with van der Waals surface area (Å²) in [5, 5.41) is 0. The van der Waals surface area contributed by atoms with Crippen LogP contribution in [0.1, 0.15) is 58.3 Å². The van der Waals surface area contributed by atoms with Crippen LogP contribution in [0.2, 0.25) is 0 Å². The zero-order chi connectivity index (χ0) is 8.86. The van der Waals surface area contributed by atoms with E-state index >= 15 is 0 Å². The lowest BCUT2D eigenvalue weighted by Crippen LogP contribution is -2.12. The second-order valence-electron chi connectivity index (χ2n) is 4.33. The predicted molar refractivity (Wildman–Crippen MR) is 53.9 cm³/mol. The van der Waals surface area contributed by atoms with Gasteiger partial charge in [0.15, 0.2) is 0 Å². The molecule has 0 aromatic heterocycles. The van der Waals surface area contributed by atoms with Gasteiger partial charge in [-0.3, -0.25) is 0 Å². The van der Waals surface area contributed by atoms with Crippen molar-refractivity contribution >= 4 is 0 Å². The van der Waals surface area contributed by atoms with Crippen molar-refractivity contribution in [1.82, 2.24) is 0 Å². The normalized spacial score (nSPS) is 24.7. The maximum atomic E-state index is 5.56. The van der Waals surface area contributed by atoms with Gasteiger partial charge in [-0.25, -0.2) is 0 Å². The Morgan fingerprint density at radius 2 is 1.33 bits per heavy atom. The summed E-state index contributed by atoms with van der Waals surface area (Å²) < 4.78 is 0. The monoisotopic (exact) mass is 164 g/mol. The van der Waals surface area contributed by atoms with E-state index in [0.717, 1.165) is 0 Å². The van der Waals surface area contributed by atoms with Crippen LogP contribution in [0.15, 0.2) is 0 Å². The Morgan fingerprint density at radius 1 is 0.917 bits per heavy atom. The molecule has 0 heteroatoms. The highest BCUT2D eigenvalue weighted by atomic mass is 14.2. The molecule has 1 aliphatic rings. The highest BCUT2D eigenvalue weighted by Gasteiger charge is 2.20. The molecule has 0 N–H and O–H groups in total. The summed E-state index contributed by atoms with van der Waals surface area (Å²) >= 11 is 0. The van der Waals surface area contributed by atoms with Crippen molar-refractivity contribution in [3.05, 3.63) is 0 Å². The third-order valence-electron chi connectivity index (χ3n) is 3.06. The molecule has 0 atom stereocenters. The number of hydrogen-bond acceptors (Lipinski definition) is 0. The zero-order valence-corrected chi connectivity index (χ0v) is 8.23. The minimum atomic E-state index is 0.213. The lowest BCUT2D eigenvalue weighted by Gasteiger charge is -2.22. The van der Waals surface area contributed by atoms with E-state index in [-0.39, 0.29) is 5.41 Å². The highest BCUT2D eigenvalue weighted by Crippen LogP contribution is 2.31. The van der Waals surface area contributed by atoms with Gasteiger partial charge in [0.25, 0.3) is 0 Å². The predicted octanol–water partition coefficient (Wildman–Crippen LogP) is 3.76. The van der Waals surface area contributed by atoms with Crippen molar-refractivity contribution in [2.45, 2.75) is 58.3 Å². The summed E-state index contributed by atoms with van der Waals surface area (Å²) in [6, 6.07) is 0. The molecule has 0 radical (unpaired) electrons. The Hall–Kier alpha value is -0.440. The summed E-state index contributed by atoms with van der Waals surface area (Å²) in [4.78, 5) is 0. The Morgan fingerprint density at radius 3 is 1.75 bits per heavy atom. The molecule has 1 aliphatic carbocycles. The van der Waals surface area contributed by atoms with Crippen LogP contribution in [0.4, 0.5) is 0 Å². The minimum absolute atomic E-state index is 0.213. The van der Waals surface area contributed by atoms with Crippen LogP contribution in [0.25, 0.3) is 0 Å². The third-order valence-corrected chi connectivity index (χ3v) is 3.06. The fourth-order valence-electron chi connectivity index (χ4n) is 2.01. The Kier molecular flexibility index (Phi) is 3.66. The van der Waals surface area contributed by atoms with Gasteiger partial charge < -0.3 is 0 Å². The molecule has 0 spiro atoms. The molecule has 1 rings (SSSR count). The van der Waals surface area contributed by atoms with Gasteiger partial charge in [0.2, 0.25) is 0 Å². The van der Waals surface area contributed by atoms with Crippen LogP contribution in [0.5, 0.6) is 0 Å². The molecule has 0 unspecified atom stereocenters. The Labute approximate surface area is 76.7 Å². The van der Waals surface area contributed by atoms with Crippen LogP contribution < -0.4 is 0 Å². The van der Waals surface area contributed by atoms with E-state index in [1.165, 1.54) is 51.4 Å². The maximum absolute atomic E-state index is 5.56. The van der Waals surface area contributed by atoms with Crippen LogP contribution in [-0.2, 0) is 0 Å². The molecule has 0 bridgehead atoms. The van der Waals surface area contributed by atoms with Gasteiger partial charge >= 0.3 is 0 Å². The van der Waals surface area contributed by atoms with Crippen molar-refractivity contribution in [3.63, 3.8) is 0 Å². The van der Waals surface area contributed by atoms with Crippen LogP contribution in [-0.4, -0.2) is 0 Å².